The average molecular weight is 408 g/mol. The predicted octanol–water partition coefficient (Wildman–Crippen LogP) is 5.66. The molecule has 3 aromatic carbocycles. The van der Waals surface area contributed by atoms with Gasteiger partial charge in [-0.1, -0.05) is 60.7 Å². The molecule has 0 spiro atoms. The van der Waals surface area contributed by atoms with Gasteiger partial charge in [0.05, 0.1) is 18.6 Å². The molecule has 0 fully saturated rings. The molecule has 4 aromatic rings. The standard InChI is InChI=1S/C27H25N3O/c1-19-7-2-4-10-23(19)21-13-15-22(16-14-21)30-18-28-17-26(30)27(31)29-25-12-6-9-20-8-3-5-11-24(20)25/h2-5,7-8,10-11,13-18,25H,6,9,12H2,1H3,(H,29,31)/t25-/m1/s1. The van der Waals surface area contributed by atoms with Gasteiger partial charge >= 0.3 is 0 Å². The zero-order valence-corrected chi connectivity index (χ0v) is 17.6. The highest BCUT2D eigenvalue weighted by atomic mass is 16.2. The van der Waals surface area contributed by atoms with Crippen molar-refractivity contribution in [3.8, 4) is 16.8 Å². The molecule has 1 heterocycles. The number of amides is 1. The van der Waals surface area contributed by atoms with Crippen LogP contribution in [0.1, 0.15) is 46.1 Å². The molecule has 0 radical (unpaired) electrons. The number of fused-ring (bicyclic) bond motifs is 1. The molecule has 5 rings (SSSR count). The van der Waals surface area contributed by atoms with Crippen molar-refractivity contribution in [3.63, 3.8) is 0 Å². The average Bonchev–Trinajstić information content (AvgIpc) is 3.30. The van der Waals surface area contributed by atoms with Crippen LogP contribution in [0.15, 0.2) is 85.3 Å². The van der Waals surface area contributed by atoms with Crippen LogP contribution in [-0.2, 0) is 6.42 Å². The molecular formula is C27H25N3O. The fraction of sp³-hybridized carbons (Fsp3) is 0.185. The lowest BCUT2D eigenvalue weighted by molar-refractivity contribution is 0.0926. The molecule has 31 heavy (non-hydrogen) atoms. The summed E-state index contributed by atoms with van der Waals surface area (Å²) >= 11 is 0. The summed E-state index contributed by atoms with van der Waals surface area (Å²) in [6.45, 7) is 2.12. The summed E-state index contributed by atoms with van der Waals surface area (Å²) < 4.78 is 1.85. The molecule has 1 N–H and O–H groups in total. The van der Waals surface area contributed by atoms with E-state index in [9.17, 15) is 4.79 Å². The minimum Gasteiger partial charge on any atom is -0.344 e. The van der Waals surface area contributed by atoms with Crippen LogP contribution < -0.4 is 5.32 Å². The van der Waals surface area contributed by atoms with E-state index < -0.39 is 0 Å². The second-order valence-corrected chi connectivity index (χ2v) is 8.13. The lowest BCUT2D eigenvalue weighted by atomic mass is 9.88. The van der Waals surface area contributed by atoms with E-state index in [1.54, 1.807) is 12.5 Å². The van der Waals surface area contributed by atoms with Crippen LogP contribution >= 0.6 is 0 Å². The molecule has 0 aliphatic heterocycles. The Hall–Kier alpha value is -3.66. The quantitative estimate of drug-likeness (QED) is 0.475. The Morgan fingerprint density at radius 1 is 1.00 bits per heavy atom. The summed E-state index contributed by atoms with van der Waals surface area (Å²) in [6.07, 6.45) is 6.46. The van der Waals surface area contributed by atoms with E-state index in [0.29, 0.717) is 5.69 Å². The van der Waals surface area contributed by atoms with Crippen molar-refractivity contribution in [1.29, 1.82) is 0 Å². The van der Waals surface area contributed by atoms with Crippen molar-refractivity contribution in [2.45, 2.75) is 32.2 Å². The highest BCUT2D eigenvalue weighted by molar-refractivity contribution is 5.93. The normalized spacial score (nSPS) is 15.3. The van der Waals surface area contributed by atoms with E-state index in [1.807, 2.05) is 28.8 Å². The number of nitrogens with zero attached hydrogens (tertiary/aromatic N) is 2. The first-order valence-electron chi connectivity index (χ1n) is 10.8. The van der Waals surface area contributed by atoms with Gasteiger partial charge in [0.25, 0.3) is 5.91 Å². The number of hydrogen-bond acceptors (Lipinski definition) is 2. The summed E-state index contributed by atoms with van der Waals surface area (Å²) in [6, 6.07) is 25.1. The molecule has 0 saturated carbocycles. The molecule has 1 aromatic heterocycles. The number of benzene rings is 3. The zero-order valence-electron chi connectivity index (χ0n) is 17.6. The Labute approximate surface area is 182 Å². The topological polar surface area (TPSA) is 46.9 Å². The van der Waals surface area contributed by atoms with Crippen molar-refractivity contribution in [2.75, 3.05) is 0 Å². The van der Waals surface area contributed by atoms with Gasteiger partial charge in [-0.25, -0.2) is 4.98 Å². The molecule has 0 saturated heterocycles. The van der Waals surface area contributed by atoms with Gasteiger partial charge in [0, 0.05) is 5.69 Å². The third kappa shape index (κ3) is 3.77. The molecular weight excluding hydrogens is 382 g/mol. The van der Waals surface area contributed by atoms with E-state index in [-0.39, 0.29) is 11.9 Å². The zero-order chi connectivity index (χ0) is 21.2. The van der Waals surface area contributed by atoms with E-state index >= 15 is 0 Å². The Kier molecular flexibility index (Phi) is 5.13. The van der Waals surface area contributed by atoms with Gasteiger partial charge in [-0.2, -0.15) is 0 Å². The van der Waals surface area contributed by atoms with Gasteiger partial charge in [0.2, 0.25) is 0 Å². The third-order valence-electron chi connectivity index (χ3n) is 6.15. The van der Waals surface area contributed by atoms with Gasteiger partial charge in [0.1, 0.15) is 5.69 Å². The minimum atomic E-state index is -0.0952. The van der Waals surface area contributed by atoms with Crippen LogP contribution in [0.5, 0.6) is 0 Å². The maximum Gasteiger partial charge on any atom is 0.270 e. The Morgan fingerprint density at radius 3 is 2.61 bits per heavy atom. The Balaban J connectivity index is 1.39. The van der Waals surface area contributed by atoms with Crippen LogP contribution in [0, 0.1) is 6.92 Å². The number of aromatic nitrogens is 2. The van der Waals surface area contributed by atoms with E-state index in [2.05, 4.69) is 65.8 Å². The summed E-state index contributed by atoms with van der Waals surface area (Å²) in [5.74, 6) is -0.0952. The summed E-state index contributed by atoms with van der Waals surface area (Å²) in [4.78, 5) is 17.4. The van der Waals surface area contributed by atoms with Crippen LogP contribution in [0.2, 0.25) is 0 Å². The highest BCUT2D eigenvalue weighted by Crippen LogP contribution is 2.30. The fourth-order valence-corrected chi connectivity index (χ4v) is 4.50. The number of nitrogens with one attached hydrogen (secondary N) is 1. The SMILES string of the molecule is Cc1ccccc1-c1ccc(-n2cncc2C(=O)N[C@@H]2CCCc3ccccc32)cc1. The third-order valence-corrected chi connectivity index (χ3v) is 6.15. The maximum absolute atomic E-state index is 13.1. The number of hydrogen-bond donors (Lipinski definition) is 1. The van der Waals surface area contributed by atoms with Crippen LogP contribution in [-0.4, -0.2) is 15.5 Å². The Bertz CT molecular complexity index is 1220. The van der Waals surface area contributed by atoms with Gasteiger partial charge in [-0.15, -0.1) is 0 Å². The van der Waals surface area contributed by atoms with E-state index in [1.165, 1.54) is 22.3 Å². The fourth-order valence-electron chi connectivity index (χ4n) is 4.50. The largest absolute Gasteiger partial charge is 0.344 e. The van der Waals surface area contributed by atoms with Crippen molar-refractivity contribution >= 4 is 5.91 Å². The Morgan fingerprint density at radius 2 is 1.77 bits per heavy atom. The highest BCUT2D eigenvalue weighted by Gasteiger charge is 2.23. The monoisotopic (exact) mass is 407 g/mol. The molecule has 154 valence electrons. The first kappa shape index (κ1) is 19.3. The molecule has 1 aliphatic rings. The van der Waals surface area contributed by atoms with Crippen molar-refractivity contribution in [2.24, 2.45) is 0 Å². The van der Waals surface area contributed by atoms with Crippen molar-refractivity contribution in [3.05, 3.63) is 108 Å². The second-order valence-electron chi connectivity index (χ2n) is 8.13. The first-order valence-corrected chi connectivity index (χ1v) is 10.8. The van der Waals surface area contributed by atoms with Crippen LogP contribution in [0.25, 0.3) is 16.8 Å². The van der Waals surface area contributed by atoms with Crippen molar-refractivity contribution < 1.29 is 4.79 Å². The van der Waals surface area contributed by atoms with Gasteiger partial charge < -0.3 is 5.32 Å². The van der Waals surface area contributed by atoms with E-state index in [4.69, 9.17) is 0 Å². The molecule has 0 unspecified atom stereocenters. The summed E-state index contributed by atoms with van der Waals surface area (Å²) in [7, 11) is 0. The second kappa shape index (κ2) is 8.23. The van der Waals surface area contributed by atoms with Gasteiger partial charge in [-0.3, -0.25) is 9.36 Å². The van der Waals surface area contributed by atoms with Gasteiger partial charge in [0.15, 0.2) is 0 Å². The maximum atomic E-state index is 13.1. The number of carbonyl (C=O) groups excluding carboxylic acids is 1. The molecule has 0 bridgehead atoms. The molecule has 1 amide bonds. The van der Waals surface area contributed by atoms with Crippen LogP contribution in [0.3, 0.4) is 0 Å². The summed E-state index contributed by atoms with van der Waals surface area (Å²) in [5, 5.41) is 3.23. The molecule has 1 aliphatic carbocycles. The number of imidazole rings is 1. The predicted molar refractivity (Wildman–Crippen MR) is 123 cm³/mol. The van der Waals surface area contributed by atoms with Crippen molar-refractivity contribution in [1.82, 2.24) is 14.9 Å². The molecule has 1 atom stereocenters. The number of rotatable bonds is 4. The first-order chi connectivity index (χ1) is 15.2. The summed E-state index contributed by atoms with van der Waals surface area (Å²) in [5.41, 5.74) is 7.65. The smallest absolute Gasteiger partial charge is 0.270 e. The lowest BCUT2D eigenvalue weighted by Gasteiger charge is -2.26. The number of aryl methyl sites for hydroxylation is 2. The number of carbonyl (C=O) groups is 1. The van der Waals surface area contributed by atoms with E-state index in [0.717, 1.165) is 30.5 Å². The van der Waals surface area contributed by atoms with Gasteiger partial charge in [-0.05, 0) is 66.1 Å². The lowest BCUT2D eigenvalue weighted by Crippen LogP contribution is -2.32. The molecule has 4 nitrogen and oxygen atoms in total. The minimum absolute atomic E-state index is 0.0456. The van der Waals surface area contributed by atoms with Crippen LogP contribution in [0.4, 0.5) is 0 Å². The molecule has 4 heteroatoms.